The van der Waals surface area contributed by atoms with Gasteiger partial charge in [-0.1, -0.05) is 0 Å². The van der Waals surface area contributed by atoms with E-state index in [0.29, 0.717) is 26.1 Å². The van der Waals surface area contributed by atoms with Gasteiger partial charge in [-0.2, -0.15) is 0 Å². The largest absolute Gasteiger partial charge is 0.472 e. The van der Waals surface area contributed by atoms with Crippen molar-refractivity contribution in [3.63, 3.8) is 0 Å². The molecule has 3 rings (SSSR count). The minimum Gasteiger partial charge on any atom is -0.472 e. The summed E-state index contributed by atoms with van der Waals surface area (Å²) in [5, 5.41) is 9.41. The minimum absolute atomic E-state index is 0.0678. The Labute approximate surface area is 151 Å². The maximum Gasteiger partial charge on any atom is 0.264 e. The molecule has 1 fully saturated rings. The van der Waals surface area contributed by atoms with E-state index in [1.165, 1.54) is 11.3 Å². The number of amides is 1. The van der Waals surface area contributed by atoms with Gasteiger partial charge in [-0.3, -0.25) is 9.69 Å². The van der Waals surface area contributed by atoms with Crippen LogP contribution in [0.4, 0.5) is 0 Å². The number of thiophene rings is 1. The van der Waals surface area contributed by atoms with Gasteiger partial charge in [0.05, 0.1) is 24.0 Å². The van der Waals surface area contributed by atoms with Gasteiger partial charge in [-0.25, -0.2) is 0 Å². The number of furan rings is 1. The highest BCUT2D eigenvalue weighted by Gasteiger charge is 2.30. The first-order valence-electron chi connectivity index (χ1n) is 8.44. The Kier molecular flexibility index (Phi) is 6.25. The lowest BCUT2D eigenvalue weighted by atomic mass is 10.1. The molecule has 0 saturated carbocycles. The van der Waals surface area contributed by atoms with E-state index in [9.17, 15) is 9.90 Å². The van der Waals surface area contributed by atoms with Crippen molar-refractivity contribution in [1.29, 1.82) is 0 Å². The lowest BCUT2D eigenvalue weighted by Crippen LogP contribution is -2.54. The molecule has 1 aliphatic heterocycles. The van der Waals surface area contributed by atoms with E-state index < -0.39 is 0 Å². The zero-order chi connectivity index (χ0) is 17.6. The molecule has 0 aliphatic carbocycles. The molecule has 1 atom stereocenters. The Morgan fingerprint density at radius 1 is 1.40 bits per heavy atom. The maximum atomic E-state index is 12.8. The number of carbonyl (C=O) groups excluding carboxylic acids is 1. The first-order valence-corrected chi connectivity index (χ1v) is 9.26. The number of hydrogen-bond acceptors (Lipinski definition) is 6. The van der Waals surface area contributed by atoms with Gasteiger partial charge in [0.2, 0.25) is 0 Å². The second-order valence-corrected chi connectivity index (χ2v) is 7.39. The summed E-state index contributed by atoms with van der Waals surface area (Å²) in [6.45, 7) is 3.54. The summed E-state index contributed by atoms with van der Waals surface area (Å²) in [5.41, 5.74) is 1.12. The van der Waals surface area contributed by atoms with Gasteiger partial charge in [-0.05, 0) is 24.6 Å². The van der Waals surface area contributed by atoms with Crippen molar-refractivity contribution >= 4 is 17.2 Å². The smallest absolute Gasteiger partial charge is 0.264 e. The summed E-state index contributed by atoms with van der Waals surface area (Å²) < 4.78 is 10.3. The molecule has 6 nitrogen and oxygen atoms in total. The number of methoxy groups -OCH3 is 1. The average Bonchev–Trinajstić information content (AvgIpc) is 3.28. The van der Waals surface area contributed by atoms with Crippen molar-refractivity contribution in [2.45, 2.75) is 25.6 Å². The van der Waals surface area contributed by atoms with Gasteiger partial charge in [0, 0.05) is 56.4 Å². The molecule has 2 aromatic heterocycles. The van der Waals surface area contributed by atoms with Crippen LogP contribution >= 0.6 is 11.3 Å². The number of aliphatic hydroxyl groups is 1. The van der Waals surface area contributed by atoms with Crippen molar-refractivity contribution in [1.82, 2.24) is 9.80 Å². The number of hydrogen-bond donors (Lipinski definition) is 1. The fourth-order valence-electron chi connectivity index (χ4n) is 3.19. The number of aliphatic hydroxyl groups excluding tert-OH is 1. The Morgan fingerprint density at radius 2 is 2.28 bits per heavy atom. The average molecular weight is 364 g/mol. The summed E-state index contributed by atoms with van der Waals surface area (Å²) >= 11 is 1.49. The van der Waals surface area contributed by atoms with Gasteiger partial charge in [0.15, 0.2) is 0 Å². The van der Waals surface area contributed by atoms with Gasteiger partial charge in [0.1, 0.15) is 0 Å². The fourth-order valence-corrected chi connectivity index (χ4v) is 4.14. The lowest BCUT2D eigenvalue weighted by molar-refractivity contribution is 0.0398. The molecule has 1 amide bonds. The van der Waals surface area contributed by atoms with Gasteiger partial charge in [0.25, 0.3) is 5.91 Å². The number of carbonyl (C=O) groups is 1. The Hall–Kier alpha value is -1.67. The van der Waals surface area contributed by atoms with Crippen molar-refractivity contribution < 1.29 is 19.1 Å². The highest BCUT2D eigenvalue weighted by molar-refractivity contribution is 7.14. The van der Waals surface area contributed by atoms with E-state index in [4.69, 9.17) is 9.15 Å². The van der Waals surface area contributed by atoms with E-state index in [2.05, 4.69) is 4.90 Å². The molecule has 25 heavy (non-hydrogen) atoms. The lowest BCUT2D eigenvalue weighted by Gasteiger charge is -2.41. The standard InChI is InChI=1S/C18H24N2O4S/c1-23-13-16-2-3-17(25-16)18(22)20-7-6-19(15(11-20)4-8-21)10-14-5-9-24-12-14/h2-3,5,9,12,15,21H,4,6-8,10-11,13H2,1H3/t15-/m0/s1. The van der Waals surface area contributed by atoms with E-state index in [1.54, 1.807) is 19.6 Å². The van der Waals surface area contributed by atoms with E-state index >= 15 is 0 Å². The number of piperazine rings is 1. The molecule has 1 N–H and O–H groups in total. The summed E-state index contributed by atoms with van der Waals surface area (Å²) in [6.07, 6.45) is 4.07. The molecule has 1 saturated heterocycles. The first-order chi connectivity index (χ1) is 12.2. The molecule has 3 heterocycles. The SMILES string of the molecule is COCc1ccc(C(=O)N2CCN(Cc3ccoc3)[C@@H](CCO)C2)s1. The third-order valence-electron chi connectivity index (χ3n) is 4.48. The van der Waals surface area contributed by atoms with Gasteiger partial charge < -0.3 is 19.2 Å². The van der Waals surface area contributed by atoms with E-state index in [0.717, 1.165) is 28.4 Å². The number of rotatable bonds is 7. The Balaban J connectivity index is 1.64. The van der Waals surface area contributed by atoms with Crippen LogP contribution in [-0.2, 0) is 17.9 Å². The van der Waals surface area contributed by atoms with Crippen LogP contribution < -0.4 is 0 Å². The Bertz CT molecular complexity index is 670. The van der Waals surface area contributed by atoms with Crippen LogP contribution in [0.25, 0.3) is 0 Å². The third kappa shape index (κ3) is 4.49. The van der Waals surface area contributed by atoms with Crippen molar-refractivity contribution in [2.75, 3.05) is 33.4 Å². The summed E-state index contributed by atoms with van der Waals surface area (Å²) in [5.74, 6) is 0.0678. The minimum atomic E-state index is 0.0678. The monoisotopic (exact) mass is 364 g/mol. The topological polar surface area (TPSA) is 66.2 Å². The molecule has 1 aliphatic rings. The van der Waals surface area contributed by atoms with Gasteiger partial charge in [-0.15, -0.1) is 11.3 Å². The normalized spacial score (nSPS) is 18.6. The van der Waals surface area contributed by atoms with Crippen LogP contribution in [0.5, 0.6) is 0 Å². The van der Waals surface area contributed by atoms with Crippen molar-refractivity contribution in [3.05, 3.63) is 46.0 Å². The quantitative estimate of drug-likeness (QED) is 0.816. The molecular formula is C18H24N2O4S. The molecule has 0 unspecified atom stereocenters. The van der Waals surface area contributed by atoms with Crippen molar-refractivity contribution in [2.24, 2.45) is 0 Å². The highest BCUT2D eigenvalue weighted by Crippen LogP contribution is 2.22. The highest BCUT2D eigenvalue weighted by atomic mass is 32.1. The third-order valence-corrected chi connectivity index (χ3v) is 5.53. The number of ether oxygens (including phenoxy) is 1. The zero-order valence-electron chi connectivity index (χ0n) is 14.4. The summed E-state index contributed by atoms with van der Waals surface area (Å²) in [7, 11) is 1.65. The molecule has 2 aromatic rings. The second-order valence-electron chi connectivity index (χ2n) is 6.22. The van der Waals surface area contributed by atoms with Crippen LogP contribution in [-0.4, -0.2) is 60.2 Å². The van der Waals surface area contributed by atoms with Crippen LogP contribution in [0.1, 0.15) is 26.5 Å². The second kappa shape index (κ2) is 8.62. The van der Waals surface area contributed by atoms with Crippen LogP contribution in [0.2, 0.25) is 0 Å². The fraction of sp³-hybridized carbons (Fsp3) is 0.500. The summed E-state index contributed by atoms with van der Waals surface area (Å²) in [4.78, 5) is 18.8. The van der Waals surface area contributed by atoms with Crippen LogP contribution in [0.3, 0.4) is 0 Å². The first kappa shape index (κ1) is 18.1. The molecule has 0 aromatic carbocycles. The van der Waals surface area contributed by atoms with Gasteiger partial charge >= 0.3 is 0 Å². The predicted molar refractivity (Wildman–Crippen MR) is 95.5 cm³/mol. The van der Waals surface area contributed by atoms with Crippen molar-refractivity contribution in [3.8, 4) is 0 Å². The Morgan fingerprint density at radius 3 is 3.00 bits per heavy atom. The maximum absolute atomic E-state index is 12.8. The van der Waals surface area contributed by atoms with E-state index in [1.807, 2.05) is 23.1 Å². The van der Waals surface area contributed by atoms with Crippen LogP contribution in [0.15, 0.2) is 35.1 Å². The number of nitrogens with zero attached hydrogens (tertiary/aromatic N) is 2. The summed E-state index contributed by atoms with van der Waals surface area (Å²) in [6, 6.07) is 5.93. The molecule has 7 heteroatoms. The predicted octanol–water partition coefficient (Wildman–Crippen LogP) is 2.20. The molecular weight excluding hydrogens is 340 g/mol. The molecule has 0 radical (unpaired) electrons. The van der Waals surface area contributed by atoms with E-state index in [-0.39, 0.29) is 18.6 Å². The van der Waals surface area contributed by atoms with Crippen LogP contribution in [0, 0.1) is 0 Å². The molecule has 0 spiro atoms. The molecule has 0 bridgehead atoms. The molecule has 136 valence electrons. The zero-order valence-corrected chi connectivity index (χ0v) is 15.2.